The highest BCUT2D eigenvalue weighted by Crippen LogP contribution is 2.33. The third-order valence-corrected chi connectivity index (χ3v) is 7.67. The third-order valence-electron chi connectivity index (χ3n) is 7.67. The van der Waals surface area contributed by atoms with E-state index < -0.39 is 41.1 Å². The summed E-state index contributed by atoms with van der Waals surface area (Å²) in [5.41, 5.74) is -0.814. The fourth-order valence-electron chi connectivity index (χ4n) is 5.36. The molecule has 2 aromatic heterocycles. The summed E-state index contributed by atoms with van der Waals surface area (Å²) in [7, 11) is 0. The Kier molecular flexibility index (Phi) is 9.16. The van der Waals surface area contributed by atoms with E-state index in [9.17, 15) is 18.0 Å². The molecular weight excluding hydrogens is 579 g/mol. The van der Waals surface area contributed by atoms with E-state index in [0.717, 1.165) is 32.0 Å². The molecule has 1 N–H and O–H groups in total. The van der Waals surface area contributed by atoms with E-state index in [4.69, 9.17) is 14.0 Å². The number of carbonyl (C=O) groups excluding carboxylic acids is 1. The number of anilines is 2. The molecule has 2 saturated heterocycles. The van der Waals surface area contributed by atoms with E-state index in [1.807, 2.05) is 13.8 Å². The van der Waals surface area contributed by atoms with Gasteiger partial charge >= 0.3 is 6.09 Å². The minimum absolute atomic E-state index is 0.0573. The molecule has 1 amide bonds. The second-order valence-electron chi connectivity index (χ2n) is 12.6. The molecule has 0 aliphatic carbocycles. The molecule has 3 aromatic rings. The summed E-state index contributed by atoms with van der Waals surface area (Å²) in [6, 6.07) is 0.660. The van der Waals surface area contributed by atoms with Gasteiger partial charge in [-0.1, -0.05) is 13.8 Å². The maximum absolute atomic E-state index is 14.8. The highest BCUT2D eigenvalue weighted by molar-refractivity contribution is 5.68. The molecule has 14 heteroatoms. The van der Waals surface area contributed by atoms with Gasteiger partial charge < -0.3 is 29.1 Å². The number of nitrogens with zero attached hydrogens (tertiary/aromatic N) is 6. The summed E-state index contributed by atoms with van der Waals surface area (Å²) in [5, 5.41) is 6.85. The molecular formula is C30H38F3N7O4. The first kappa shape index (κ1) is 31.3. The van der Waals surface area contributed by atoms with Crippen LogP contribution in [0.15, 0.2) is 29.0 Å². The molecule has 2 atom stereocenters. The van der Waals surface area contributed by atoms with Gasteiger partial charge in [0.15, 0.2) is 17.4 Å². The van der Waals surface area contributed by atoms with Crippen molar-refractivity contribution in [2.24, 2.45) is 5.92 Å². The number of aromatic nitrogens is 4. The van der Waals surface area contributed by atoms with Gasteiger partial charge in [-0.2, -0.15) is 4.98 Å². The lowest BCUT2D eigenvalue weighted by molar-refractivity contribution is 0.0504. The number of hydrogen-bond donors (Lipinski definition) is 1. The number of halogens is 3. The number of hydrogen-bond acceptors (Lipinski definition) is 10. The van der Waals surface area contributed by atoms with E-state index in [1.165, 1.54) is 0 Å². The van der Waals surface area contributed by atoms with Crippen molar-refractivity contribution in [3.63, 3.8) is 0 Å². The molecule has 4 heterocycles. The summed E-state index contributed by atoms with van der Waals surface area (Å²) in [6.45, 7) is 11.6. The van der Waals surface area contributed by atoms with Crippen LogP contribution in [-0.2, 0) is 4.74 Å². The first-order valence-electron chi connectivity index (χ1n) is 14.8. The number of rotatable bonds is 8. The van der Waals surface area contributed by atoms with Gasteiger partial charge in [-0.3, -0.25) is 0 Å². The number of carbonyl (C=O) groups is 1. The van der Waals surface area contributed by atoms with Gasteiger partial charge in [0, 0.05) is 44.1 Å². The lowest BCUT2D eigenvalue weighted by Crippen LogP contribution is -2.43. The van der Waals surface area contributed by atoms with Crippen molar-refractivity contribution in [1.82, 2.24) is 25.4 Å². The number of nitrogens with one attached hydrogen (secondary N) is 1. The van der Waals surface area contributed by atoms with Crippen molar-refractivity contribution in [2.45, 2.75) is 70.9 Å². The minimum atomic E-state index is -1.28. The summed E-state index contributed by atoms with van der Waals surface area (Å²) in [4.78, 5) is 29.8. The van der Waals surface area contributed by atoms with Crippen molar-refractivity contribution in [3.05, 3.63) is 53.4 Å². The molecule has 44 heavy (non-hydrogen) atoms. The summed E-state index contributed by atoms with van der Waals surface area (Å²) >= 11 is 0. The molecule has 0 spiro atoms. The maximum Gasteiger partial charge on any atom is 0.407 e. The Bertz CT molecular complexity index is 1440. The molecule has 11 nitrogen and oxygen atoms in total. The second kappa shape index (κ2) is 12.9. The standard InChI is InChI=1S/C30H38F3N7O4/c1-17(2)26-37-28(38-44-26)39-8-6-18(7-9-39)16-42-19-12-34-27(35-13-19)40-14-21(20-10-23(32)24(33)11-22(20)31)25(15-40)36-29(41)43-30(3,4)5/h10-13,17-18,21,25H,6-9,14-16H2,1-5H3,(H,36,41). The van der Waals surface area contributed by atoms with Crippen LogP contribution in [0.25, 0.3) is 0 Å². The van der Waals surface area contributed by atoms with Crippen LogP contribution in [0.2, 0.25) is 0 Å². The van der Waals surface area contributed by atoms with Gasteiger partial charge in [-0.25, -0.2) is 27.9 Å². The number of ether oxygens (including phenoxy) is 2. The quantitative estimate of drug-likeness (QED) is 0.338. The Morgan fingerprint density at radius 1 is 1.02 bits per heavy atom. The molecule has 2 unspecified atom stereocenters. The van der Waals surface area contributed by atoms with E-state index in [2.05, 4.69) is 30.3 Å². The monoisotopic (exact) mass is 617 g/mol. The molecule has 1 aromatic carbocycles. The van der Waals surface area contributed by atoms with Gasteiger partial charge in [0.2, 0.25) is 11.8 Å². The normalized spacial score (nSPS) is 19.5. The Balaban J connectivity index is 1.19. The molecule has 0 saturated carbocycles. The maximum atomic E-state index is 14.8. The molecule has 0 radical (unpaired) electrons. The van der Waals surface area contributed by atoms with Crippen LogP contribution in [0, 0.1) is 23.4 Å². The van der Waals surface area contributed by atoms with Crippen molar-refractivity contribution in [3.8, 4) is 5.75 Å². The Hall–Kier alpha value is -4.10. The van der Waals surface area contributed by atoms with Gasteiger partial charge in [-0.05, 0) is 56.3 Å². The Morgan fingerprint density at radius 2 is 1.70 bits per heavy atom. The van der Waals surface area contributed by atoms with Crippen molar-refractivity contribution < 1.29 is 32.0 Å². The van der Waals surface area contributed by atoms with Crippen molar-refractivity contribution in [1.29, 1.82) is 0 Å². The van der Waals surface area contributed by atoms with Crippen LogP contribution in [0.3, 0.4) is 0 Å². The van der Waals surface area contributed by atoms with Gasteiger partial charge in [0.25, 0.3) is 5.95 Å². The first-order valence-corrected chi connectivity index (χ1v) is 14.8. The van der Waals surface area contributed by atoms with Crippen LogP contribution >= 0.6 is 0 Å². The Morgan fingerprint density at radius 3 is 2.34 bits per heavy atom. The number of piperidine rings is 1. The number of alkyl carbamates (subject to hydrolysis) is 1. The van der Waals surface area contributed by atoms with Crippen LogP contribution in [0.1, 0.15) is 70.8 Å². The molecule has 2 aliphatic heterocycles. The summed E-state index contributed by atoms with van der Waals surface area (Å²) < 4.78 is 59.2. The average molecular weight is 618 g/mol. The minimum Gasteiger partial charge on any atom is -0.490 e. The molecule has 5 rings (SSSR count). The van der Waals surface area contributed by atoms with E-state index in [1.54, 1.807) is 38.1 Å². The van der Waals surface area contributed by atoms with E-state index >= 15 is 0 Å². The second-order valence-corrected chi connectivity index (χ2v) is 12.6. The predicted octanol–water partition coefficient (Wildman–Crippen LogP) is 5.19. The Labute approximate surface area is 254 Å². The topological polar surface area (TPSA) is 119 Å². The zero-order chi connectivity index (χ0) is 31.6. The lowest BCUT2D eigenvalue weighted by atomic mass is 9.93. The van der Waals surface area contributed by atoms with Crippen LogP contribution < -0.4 is 19.9 Å². The highest BCUT2D eigenvalue weighted by Gasteiger charge is 2.39. The number of benzene rings is 1. The zero-order valence-electron chi connectivity index (χ0n) is 25.5. The first-order chi connectivity index (χ1) is 20.9. The highest BCUT2D eigenvalue weighted by atomic mass is 19.2. The third kappa shape index (κ3) is 7.51. The fourth-order valence-corrected chi connectivity index (χ4v) is 5.36. The van der Waals surface area contributed by atoms with Crippen LogP contribution in [-0.4, -0.2) is 70.6 Å². The van der Waals surface area contributed by atoms with Crippen molar-refractivity contribution >= 4 is 18.0 Å². The van der Waals surface area contributed by atoms with Crippen LogP contribution in [0.5, 0.6) is 5.75 Å². The zero-order valence-corrected chi connectivity index (χ0v) is 25.5. The van der Waals surface area contributed by atoms with Gasteiger partial charge in [-0.15, -0.1) is 0 Å². The lowest BCUT2D eigenvalue weighted by Gasteiger charge is -2.30. The van der Waals surface area contributed by atoms with Crippen LogP contribution in [0.4, 0.5) is 29.9 Å². The average Bonchev–Trinajstić information content (AvgIpc) is 3.62. The van der Waals surface area contributed by atoms with E-state index in [-0.39, 0.29) is 24.6 Å². The molecule has 2 aliphatic rings. The summed E-state index contributed by atoms with van der Waals surface area (Å²) in [6.07, 6.45) is 4.24. The fraction of sp³-hybridized carbons (Fsp3) is 0.567. The predicted molar refractivity (Wildman–Crippen MR) is 155 cm³/mol. The van der Waals surface area contributed by atoms with Crippen molar-refractivity contribution in [2.75, 3.05) is 42.6 Å². The largest absolute Gasteiger partial charge is 0.490 e. The smallest absolute Gasteiger partial charge is 0.407 e. The van der Waals surface area contributed by atoms with E-state index in [0.29, 0.717) is 42.1 Å². The number of amides is 1. The SMILES string of the molecule is CC(C)c1nc(N2CCC(COc3cnc(N4CC(NC(=O)OC(C)(C)C)C(c5cc(F)c(F)cc5F)C4)nc3)CC2)no1. The molecule has 2 fully saturated rings. The molecule has 0 bridgehead atoms. The molecule has 238 valence electrons. The summed E-state index contributed by atoms with van der Waals surface area (Å²) in [5.74, 6) is -1.47. The van der Waals surface area contributed by atoms with Gasteiger partial charge in [0.05, 0.1) is 25.0 Å². The van der Waals surface area contributed by atoms with Gasteiger partial charge in [0.1, 0.15) is 11.4 Å².